The summed E-state index contributed by atoms with van der Waals surface area (Å²) in [6.45, 7) is 3.00. The first-order valence-corrected chi connectivity index (χ1v) is 10.9. The Labute approximate surface area is 170 Å². The van der Waals surface area contributed by atoms with Gasteiger partial charge in [0.15, 0.2) is 0 Å². The molecule has 2 aliphatic rings. The van der Waals surface area contributed by atoms with E-state index in [4.69, 9.17) is 9.90 Å². The zero-order valence-corrected chi connectivity index (χ0v) is 17.4. The van der Waals surface area contributed by atoms with Crippen molar-refractivity contribution < 1.29 is 36.3 Å². The van der Waals surface area contributed by atoms with Gasteiger partial charge in [-0.15, -0.1) is 11.3 Å². The molecule has 0 radical (unpaired) electrons. The molecular formula is C16H22F3N3O5S2. The van der Waals surface area contributed by atoms with Gasteiger partial charge in [0.2, 0.25) is 5.91 Å². The van der Waals surface area contributed by atoms with Gasteiger partial charge in [-0.3, -0.25) is 4.79 Å². The molecular weight excluding hydrogens is 435 g/mol. The molecule has 0 aromatic carbocycles. The van der Waals surface area contributed by atoms with Crippen molar-refractivity contribution in [3.63, 3.8) is 0 Å². The number of amides is 1. The molecule has 1 amide bonds. The number of hydrogen-bond donors (Lipinski definition) is 1. The van der Waals surface area contributed by atoms with Crippen LogP contribution < -0.4 is 0 Å². The number of sulfonamides is 1. The summed E-state index contributed by atoms with van der Waals surface area (Å²) in [4.78, 5) is 25.3. The van der Waals surface area contributed by atoms with E-state index in [2.05, 4.69) is 4.90 Å². The first-order chi connectivity index (χ1) is 13.3. The van der Waals surface area contributed by atoms with Crippen LogP contribution in [0.3, 0.4) is 0 Å². The van der Waals surface area contributed by atoms with E-state index < -0.39 is 22.2 Å². The van der Waals surface area contributed by atoms with Crippen LogP contribution in [0.1, 0.15) is 0 Å². The first kappa shape index (κ1) is 23.6. The number of carboxylic acid groups (broad SMARTS) is 1. The minimum atomic E-state index is -5.08. The second kappa shape index (κ2) is 8.98. The maximum absolute atomic E-state index is 12.5. The topological polar surface area (TPSA) is 98.2 Å². The number of aliphatic carboxylic acids is 1. The summed E-state index contributed by atoms with van der Waals surface area (Å²) in [5, 5.41) is 8.89. The van der Waals surface area contributed by atoms with E-state index in [0.717, 1.165) is 13.1 Å². The minimum absolute atomic E-state index is 0.107. The monoisotopic (exact) mass is 457 g/mol. The number of carbonyl (C=O) groups excluding carboxylic acids is 1. The van der Waals surface area contributed by atoms with Crippen molar-refractivity contribution in [3.8, 4) is 0 Å². The van der Waals surface area contributed by atoms with Crippen LogP contribution in [0.5, 0.6) is 0 Å². The fourth-order valence-electron chi connectivity index (χ4n) is 3.16. The van der Waals surface area contributed by atoms with Gasteiger partial charge in [0.1, 0.15) is 4.21 Å². The van der Waals surface area contributed by atoms with Crippen LogP contribution in [0.4, 0.5) is 13.2 Å². The highest BCUT2D eigenvalue weighted by Gasteiger charge is 2.49. The molecule has 3 rings (SSSR count). The predicted molar refractivity (Wildman–Crippen MR) is 98.9 cm³/mol. The highest BCUT2D eigenvalue weighted by atomic mass is 32.2. The van der Waals surface area contributed by atoms with E-state index in [1.165, 1.54) is 15.6 Å². The number of halogens is 3. The molecule has 2 saturated heterocycles. The van der Waals surface area contributed by atoms with Gasteiger partial charge in [0.25, 0.3) is 10.0 Å². The molecule has 164 valence electrons. The first-order valence-electron chi connectivity index (χ1n) is 8.61. The molecule has 1 aromatic heterocycles. The van der Waals surface area contributed by atoms with Crippen LogP contribution in [-0.2, 0) is 19.6 Å². The van der Waals surface area contributed by atoms with E-state index in [-0.39, 0.29) is 17.7 Å². The van der Waals surface area contributed by atoms with Crippen molar-refractivity contribution in [1.29, 1.82) is 0 Å². The van der Waals surface area contributed by atoms with Gasteiger partial charge >= 0.3 is 12.1 Å². The molecule has 3 heterocycles. The van der Waals surface area contributed by atoms with E-state index in [9.17, 15) is 26.4 Å². The van der Waals surface area contributed by atoms with E-state index in [1.54, 1.807) is 17.5 Å². The fraction of sp³-hybridized carbons (Fsp3) is 0.625. The summed E-state index contributed by atoms with van der Waals surface area (Å²) in [5.41, 5.74) is 0. The van der Waals surface area contributed by atoms with Crippen molar-refractivity contribution in [1.82, 2.24) is 14.1 Å². The number of likely N-dealkylation sites (N-methyl/N-ethyl adjacent to an activating group) is 1. The molecule has 1 aromatic rings. The quantitative estimate of drug-likeness (QED) is 0.709. The van der Waals surface area contributed by atoms with Gasteiger partial charge in [-0.2, -0.15) is 17.5 Å². The Morgan fingerprint density at radius 1 is 1.31 bits per heavy atom. The third-order valence-corrected chi connectivity index (χ3v) is 7.84. The highest BCUT2D eigenvalue weighted by molar-refractivity contribution is 7.91. The standard InChI is InChI=1S/C14H21N3O3S2.C2HF3O2/c1-15(2)5-6-16-8-11-9-17(10-12(11)14(16)18)22(19,20)13-4-3-7-21-13;3-2(4,5)1(6)7/h3-4,7,11-12H,5-6,8-10H2,1-2H3;(H,6,7)/t11-,12+;/m1./s1. The van der Waals surface area contributed by atoms with E-state index in [1.807, 2.05) is 19.0 Å². The number of rotatable bonds is 5. The number of nitrogens with zero attached hydrogens (tertiary/aromatic N) is 3. The Morgan fingerprint density at radius 3 is 2.38 bits per heavy atom. The zero-order chi connectivity index (χ0) is 22.0. The number of alkyl halides is 3. The molecule has 0 bridgehead atoms. The SMILES string of the molecule is CN(C)CCN1C[C@@H]2CN(S(=O)(=O)c3cccs3)C[C@@H]2C1=O.O=C(O)C(F)(F)F. The summed E-state index contributed by atoms with van der Waals surface area (Å²) in [6, 6.07) is 3.36. The molecule has 2 atom stereocenters. The Hall–Kier alpha value is -1.70. The molecule has 2 aliphatic heterocycles. The maximum atomic E-state index is 12.5. The summed E-state index contributed by atoms with van der Waals surface area (Å²) in [6.07, 6.45) is -5.08. The molecule has 29 heavy (non-hydrogen) atoms. The maximum Gasteiger partial charge on any atom is 0.490 e. The van der Waals surface area contributed by atoms with Crippen LogP contribution in [-0.4, -0.2) is 92.5 Å². The van der Waals surface area contributed by atoms with Gasteiger partial charge in [0.05, 0.1) is 5.92 Å². The summed E-state index contributed by atoms with van der Waals surface area (Å²) in [5.74, 6) is -2.69. The second-order valence-corrected chi connectivity index (χ2v) is 10.1. The third-order valence-electron chi connectivity index (χ3n) is 4.64. The van der Waals surface area contributed by atoms with Crippen molar-refractivity contribution in [2.45, 2.75) is 10.4 Å². The lowest BCUT2D eigenvalue weighted by Gasteiger charge is -2.22. The number of fused-ring (bicyclic) bond motifs is 1. The van der Waals surface area contributed by atoms with Gasteiger partial charge in [-0.05, 0) is 25.5 Å². The number of hydrogen-bond acceptors (Lipinski definition) is 6. The Balaban J connectivity index is 0.000000370. The second-order valence-electron chi connectivity index (χ2n) is 7.01. The lowest BCUT2D eigenvalue weighted by Crippen LogP contribution is -2.38. The van der Waals surface area contributed by atoms with Gasteiger partial charge in [-0.25, -0.2) is 13.2 Å². The number of likely N-dealkylation sites (tertiary alicyclic amines) is 1. The van der Waals surface area contributed by atoms with Crippen LogP contribution >= 0.6 is 11.3 Å². The molecule has 0 saturated carbocycles. The highest BCUT2D eigenvalue weighted by Crippen LogP contribution is 2.35. The average molecular weight is 457 g/mol. The summed E-state index contributed by atoms with van der Waals surface area (Å²) in [7, 11) is 0.535. The molecule has 13 heteroatoms. The lowest BCUT2D eigenvalue weighted by molar-refractivity contribution is -0.192. The molecule has 0 unspecified atom stereocenters. The zero-order valence-electron chi connectivity index (χ0n) is 15.8. The minimum Gasteiger partial charge on any atom is -0.475 e. The lowest BCUT2D eigenvalue weighted by atomic mass is 10.0. The van der Waals surface area contributed by atoms with E-state index >= 15 is 0 Å². The molecule has 8 nitrogen and oxygen atoms in total. The largest absolute Gasteiger partial charge is 0.490 e. The Kier molecular flexibility index (Phi) is 7.30. The molecule has 0 aliphatic carbocycles. The smallest absolute Gasteiger partial charge is 0.475 e. The van der Waals surface area contributed by atoms with Gasteiger partial charge < -0.3 is 14.9 Å². The van der Waals surface area contributed by atoms with Gasteiger partial charge in [-0.1, -0.05) is 6.07 Å². The molecule has 0 spiro atoms. The number of thiophene rings is 1. The van der Waals surface area contributed by atoms with Crippen molar-refractivity contribution >= 4 is 33.2 Å². The van der Waals surface area contributed by atoms with Gasteiger partial charge in [0, 0.05) is 38.6 Å². The van der Waals surface area contributed by atoms with Crippen molar-refractivity contribution in [2.24, 2.45) is 11.8 Å². The normalized spacial score (nSPS) is 22.6. The third kappa shape index (κ3) is 5.68. The average Bonchev–Trinajstić information content (AvgIpc) is 3.31. The van der Waals surface area contributed by atoms with Crippen molar-refractivity contribution in [3.05, 3.63) is 17.5 Å². The van der Waals surface area contributed by atoms with Crippen molar-refractivity contribution in [2.75, 3.05) is 46.8 Å². The van der Waals surface area contributed by atoms with Crippen LogP contribution in [0.2, 0.25) is 0 Å². The van der Waals surface area contributed by atoms with Crippen LogP contribution in [0, 0.1) is 11.8 Å². The fourth-order valence-corrected chi connectivity index (χ4v) is 5.83. The molecule has 2 fully saturated rings. The Morgan fingerprint density at radius 2 is 1.93 bits per heavy atom. The van der Waals surface area contributed by atoms with Crippen LogP contribution in [0.15, 0.2) is 21.7 Å². The predicted octanol–water partition coefficient (Wildman–Crippen LogP) is 1.02. The van der Waals surface area contributed by atoms with Crippen LogP contribution in [0.25, 0.3) is 0 Å². The van der Waals surface area contributed by atoms with E-state index in [0.29, 0.717) is 23.8 Å². The molecule has 1 N–H and O–H groups in total. The number of carboxylic acids is 1. The Bertz CT molecular complexity index is 827. The summed E-state index contributed by atoms with van der Waals surface area (Å²) >= 11 is 1.23. The summed E-state index contributed by atoms with van der Waals surface area (Å²) < 4.78 is 58.7. The number of carbonyl (C=O) groups is 2.